The van der Waals surface area contributed by atoms with Gasteiger partial charge >= 0.3 is 51.9 Å². The molecule has 1 aromatic carbocycles. The van der Waals surface area contributed by atoms with Crippen molar-refractivity contribution in [2.24, 2.45) is 0 Å². The molecule has 8 nitrogen and oxygen atoms in total. The number of ketones is 1. The molecule has 13 heteroatoms. The third-order valence-corrected chi connectivity index (χ3v) is 4.24. The molecule has 1 aliphatic rings. The number of amides is 2. The molecule has 27 heavy (non-hydrogen) atoms. The topological polar surface area (TPSA) is 113 Å². The van der Waals surface area contributed by atoms with Crippen molar-refractivity contribution >= 4 is 51.5 Å². The number of alkyl halides is 3. The van der Waals surface area contributed by atoms with Crippen molar-refractivity contribution in [3.05, 3.63) is 40.4 Å². The number of ether oxygens (including phenoxy) is 1. The Morgan fingerprint density at radius 2 is 1.85 bits per heavy atom. The number of hydrogen-bond donors (Lipinski definition) is 2. The molecule has 0 radical (unpaired) electrons. The second kappa shape index (κ2) is 8.61. The molecule has 2 N–H and O–H groups in total. The number of Topliss-reactive ketones (excluding diaryl/α,β-unsaturated/α-hetero) is 1. The summed E-state index contributed by atoms with van der Waals surface area (Å²) in [5.74, 6) is -0.00873. The van der Waals surface area contributed by atoms with Gasteiger partial charge in [-0.1, -0.05) is 0 Å². The Hall–Kier alpha value is -1.60. The summed E-state index contributed by atoms with van der Waals surface area (Å²) in [7, 11) is -5.27. The van der Waals surface area contributed by atoms with Crippen LogP contribution in [0.15, 0.2) is 34.9 Å². The first-order valence-electron chi connectivity index (χ1n) is 6.97. The van der Waals surface area contributed by atoms with Crippen LogP contribution in [0.25, 0.3) is 0 Å². The van der Waals surface area contributed by atoms with Gasteiger partial charge < -0.3 is 4.74 Å². The summed E-state index contributed by atoms with van der Waals surface area (Å²) >= 11 is 0. The van der Waals surface area contributed by atoms with Crippen LogP contribution in [0.3, 0.4) is 0 Å². The van der Waals surface area contributed by atoms with E-state index in [4.69, 9.17) is 9.29 Å². The van der Waals surface area contributed by atoms with Crippen LogP contribution in [-0.2, 0) is 10.1 Å². The molecule has 0 aromatic heterocycles. The van der Waals surface area contributed by atoms with E-state index in [1.54, 1.807) is 0 Å². The zero-order chi connectivity index (χ0) is 19.7. The molecule has 0 fully saturated rings. The SMILES string of the molecule is CC(=O)c1ccc(OCN2CC(C(F)(F)F)=C(S(=O)(=O)O)NC2=O)cc1.[NaH]. The Kier molecular flexibility index (Phi) is 7.47. The first kappa shape index (κ1) is 23.4. The van der Waals surface area contributed by atoms with E-state index in [-0.39, 0.29) is 41.1 Å². The first-order chi connectivity index (χ1) is 11.9. The molecule has 0 aliphatic carbocycles. The van der Waals surface area contributed by atoms with Gasteiger partial charge in [-0.2, -0.15) is 21.6 Å². The van der Waals surface area contributed by atoms with Crippen LogP contribution in [0.2, 0.25) is 0 Å². The van der Waals surface area contributed by atoms with Crippen molar-refractivity contribution < 1.29 is 40.5 Å². The normalized spacial score (nSPS) is 15.1. The van der Waals surface area contributed by atoms with Crippen LogP contribution in [0.4, 0.5) is 18.0 Å². The first-order valence-corrected chi connectivity index (χ1v) is 8.41. The van der Waals surface area contributed by atoms with E-state index in [2.05, 4.69) is 0 Å². The summed E-state index contributed by atoms with van der Waals surface area (Å²) in [5.41, 5.74) is -1.23. The molecule has 2 rings (SSSR count). The number of rotatable bonds is 5. The number of halogens is 3. The molecular formula is C14H14F3N2NaO6S. The van der Waals surface area contributed by atoms with Gasteiger partial charge in [0.2, 0.25) is 0 Å². The van der Waals surface area contributed by atoms with E-state index in [0.717, 1.165) is 0 Å². The van der Waals surface area contributed by atoms with Crippen LogP contribution < -0.4 is 10.1 Å². The van der Waals surface area contributed by atoms with Crippen LogP contribution in [0.5, 0.6) is 5.75 Å². The predicted octanol–water partition coefficient (Wildman–Crippen LogP) is 1.26. The Labute approximate surface area is 174 Å². The van der Waals surface area contributed by atoms with Crippen LogP contribution in [-0.4, -0.2) is 78.7 Å². The Morgan fingerprint density at radius 3 is 2.30 bits per heavy atom. The number of carbonyl (C=O) groups excluding carboxylic acids is 2. The van der Waals surface area contributed by atoms with Gasteiger partial charge in [-0.25, -0.2) is 4.79 Å². The van der Waals surface area contributed by atoms with Gasteiger partial charge in [0.05, 0.1) is 12.1 Å². The fraction of sp³-hybridized carbons (Fsp3) is 0.286. The molecule has 0 atom stereocenters. The van der Waals surface area contributed by atoms with E-state index >= 15 is 0 Å². The van der Waals surface area contributed by atoms with Crippen molar-refractivity contribution in [3.8, 4) is 5.75 Å². The standard InChI is InChI=1S/C14H13F3N2O6S.Na.H/c1-8(20)9-2-4-10(5-3-9)25-7-19-6-11(14(15,16)17)12(18-13(19)21)26(22,23)24;;/h2-5H,6-7H2,1H3,(H,18,21)(H,22,23,24);;. The monoisotopic (exact) mass is 418 g/mol. The summed E-state index contributed by atoms with van der Waals surface area (Å²) in [6.45, 7) is -0.398. The third kappa shape index (κ3) is 5.94. The molecular weight excluding hydrogens is 404 g/mol. The molecule has 0 saturated carbocycles. The fourth-order valence-electron chi connectivity index (χ4n) is 2.07. The number of carbonyl (C=O) groups is 2. The van der Waals surface area contributed by atoms with E-state index in [0.29, 0.717) is 10.5 Å². The van der Waals surface area contributed by atoms with Gasteiger partial charge in [-0.15, -0.1) is 0 Å². The maximum atomic E-state index is 13.0. The Balaban J connectivity index is 0.00000364. The number of benzene rings is 1. The Morgan fingerprint density at radius 1 is 1.30 bits per heavy atom. The fourth-order valence-corrected chi connectivity index (χ4v) is 2.78. The van der Waals surface area contributed by atoms with Crippen molar-refractivity contribution in [1.82, 2.24) is 10.2 Å². The molecule has 2 amide bonds. The summed E-state index contributed by atoms with van der Waals surface area (Å²) < 4.78 is 75.3. The van der Waals surface area contributed by atoms with Gasteiger partial charge in [0.15, 0.2) is 17.5 Å². The molecule has 0 bridgehead atoms. The van der Waals surface area contributed by atoms with Gasteiger partial charge in [0.1, 0.15) is 5.75 Å². The summed E-state index contributed by atoms with van der Waals surface area (Å²) in [5, 5.41) is -0.0926. The molecule has 1 aliphatic heterocycles. The average molecular weight is 418 g/mol. The molecule has 1 aromatic rings. The van der Waals surface area contributed by atoms with Gasteiger partial charge in [-0.05, 0) is 31.2 Å². The summed E-state index contributed by atoms with van der Waals surface area (Å²) in [6, 6.07) is 4.47. The average Bonchev–Trinajstić information content (AvgIpc) is 2.51. The van der Waals surface area contributed by atoms with Crippen LogP contribution >= 0.6 is 0 Å². The zero-order valence-corrected chi connectivity index (χ0v) is 14.0. The minimum atomic E-state index is -5.27. The number of urea groups is 1. The van der Waals surface area contributed by atoms with E-state index in [1.807, 2.05) is 0 Å². The molecule has 0 spiro atoms. The van der Waals surface area contributed by atoms with E-state index in [1.165, 1.54) is 36.5 Å². The predicted molar refractivity (Wildman–Crippen MR) is 89.0 cm³/mol. The molecule has 0 unspecified atom stereocenters. The molecule has 144 valence electrons. The number of nitrogens with one attached hydrogen (secondary N) is 1. The summed E-state index contributed by atoms with van der Waals surface area (Å²) in [4.78, 5) is 23.5. The maximum absolute atomic E-state index is 13.0. The summed E-state index contributed by atoms with van der Waals surface area (Å²) in [6.07, 6.45) is -5.10. The van der Waals surface area contributed by atoms with Crippen LogP contribution in [0, 0.1) is 0 Å². The minimum absolute atomic E-state index is 0. The van der Waals surface area contributed by atoms with Crippen molar-refractivity contribution in [2.75, 3.05) is 13.3 Å². The van der Waals surface area contributed by atoms with Gasteiger partial charge in [0, 0.05) is 5.56 Å². The van der Waals surface area contributed by atoms with Gasteiger partial charge in [0.25, 0.3) is 0 Å². The third-order valence-electron chi connectivity index (χ3n) is 3.38. The zero-order valence-electron chi connectivity index (χ0n) is 13.2. The number of nitrogens with zero attached hydrogens (tertiary/aromatic N) is 1. The van der Waals surface area contributed by atoms with Crippen molar-refractivity contribution in [3.63, 3.8) is 0 Å². The quantitative estimate of drug-likeness (QED) is 0.423. The second-order valence-corrected chi connectivity index (χ2v) is 6.62. The van der Waals surface area contributed by atoms with Crippen LogP contribution in [0.1, 0.15) is 17.3 Å². The molecule has 0 saturated heterocycles. The van der Waals surface area contributed by atoms with Gasteiger partial charge in [-0.3, -0.25) is 19.6 Å². The Bertz CT molecular complexity index is 868. The number of hydrogen-bond acceptors (Lipinski definition) is 5. The van der Waals surface area contributed by atoms with E-state index < -0.39 is 46.2 Å². The van der Waals surface area contributed by atoms with E-state index in [9.17, 15) is 31.2 Å². The van der Waals surface area contributed by atoms with Crippen molar-refractivity contribution in [1.29, 1.82) is 0 Å². The second-order valence-electron chi connectivity index (χ2n) is 5.26. The van der Waals surface area contributed by atoms with Crippen molar-refractivity contribution in [2.45, 2.75) is 13.1 Å². The molecule has 1 heterocycles.